The molecule has 0 amide bonds. The summed E-state index contributed by atoms with van der Waals surface area (Å²) in [7, 11) is 0. The van der Waals surface area contributed by atoms with E-state index in [9.17, 15) is 0 Å². The molecule has 0 aromatic heterocycles. The van der Waals surface area contributed by atoms with Gasteiger partial charge in [-0.05, 0) is 12.8 Å². The molecule has 1 fully saturated rings. The van der Waals surface area contributed by atoms with Gasteiger partial charge in [0.2, 0.25) is 0 Å². The molecule has 0 radical (unpaired) electrons. The highest BCUT2D eigenvalue weighted by atomic mass is 16.6. The molecule has 2 unspecified atom stereocenters. The third kappa shape index (κ3) is 1.02. The van der Waals surface area contributed by atoms with E-state index >= 15 is 0 Å². The second kappa shape index (κ2) is 2.59. The van der Waals surface area contributed by atoms with Crippen molar-refractivity contribution >= 4 is 0 Å². The predicted molar refractivity (Wildman–Crippen MR) is 38.4 cm³/mol. The van der Waals surface area contributed by atoms with Gasteiger partial charge in [-0.2, -0.15) is 5.26 Å². The van der Waals surface area contributed by atoms with Crippen LogP contribution in [0.1, 0.15) is 33.1 Å². The van der Waals surface area contributed by atoms with Crippen LogP contribution in [-0.4, -0.2) is 11.7 Å². The lowest BCUT2D eigenvalue weighted by atomic mass is 9.97. The molecule has 0 N–H and O–H groups in total. The van der Waals surface area contributed by atoms with Gasteiger partial charge in [0, 0.05) is 0 Å². The van der Waals surface area contributed by atoms with E-state index in [2.05, 4.69) is 19.9 Å². The maximum atomic E-state index is 8.52. The number of nitriles is 1. The van der Waals surface area contributed by atoms with Gasteiger partial charge in [0.15, 0.2) is 6.10 Å². The molecule has 0 aromatic carbocycles. The first-order chi connectivity index (χ1) is 4.79. The molecule has 0 aromatic rings. The van der Waals surface area contributed by atoms with Gasteiger partial charge in [0.1, 0.15) is 5.60 Å². The minimum Gasteiger partial charge on any atom is -0.350 e. The summed E-state index contributed by atoms with van der Waals surface area (Å²) in [5.41, 5.74) is -0.0521. The van der Waals surface area contributed by atoms with E-state index in [4.69, 9.17) is 10.00 Å². The Bertz CT molecular complexity index is 161. The van der Waals surface area contributed by atoms with E-state index in [0.29, 0.717) is 0 Å². The third-order valence-electron chi connectivity index (χ3n) is 2.16. The van der Waals surface area contributed by atoms with Crippen LogP contribution in [0.5, 0.6) is 0 Å². The van der Waals surface area contributed by atoms with E-state index in [1.165, 1.54) is 0 Å². The fourth-order valence-electron chi connectivity index (χ4n) is 1.40. The summed E-state index contributed by atoms with van der Waals surface area (Å²) in [6.45, 7) is 4.19. The molecule has 10 heavy (non-hydrogen) atoms. The Morgan fingerprint density at radius 3 is 2.60 bits per heavy atom. The summed E-state index contributed by atoms with van der Waals surface area (Å²) in [5, 5.41) is 8.52. The average Bonchev–Trinajstić information content (AvgIpc) is 2.65. The highest BCUT2D eigenvalue weighted by Crippen LogP contribution is 2.42. The van der Waals surface area contributed by atoms with Crippen LogP contribution < -0.4 is 0 Å². The number of hydrogen-bond donors (Lipinski definition) is 0. The van der Waals surface area contributed by atoms with Gasteiger partial charge in [-0.3, -0.25) is 0 Å². The first-order valence-electron chi connectivity index (χ1n) is 3.86. The van der Waals surface area contributed by atoms with Crippen molar-refractivity contribution in [3.8, 4) is 6.07 Å². The van der Waals surface area contributed by atoms with E-state index in [-0.39, 0.29) is 11.7 Å². The summed E-state index contributed by atoms with van der Waals surface area (Å²) in [5.74, 6) is 0. The second-order valence-electron chi connectivity index (χ2n) is 2.80. The maximum Gasteiger partial charge on any atom is 0.173 e. The van der Waals surface area contributed by atoms with E-state index < -0.39 is 0 Å². The zero-order valence-corrected chi connectivity index (χ0v) is 6.55. The van der Waals surface area contributed by atoms with Gasteiger partial charge in [-0.25, -0.2) is 0 Å². The average molecular weight is 139 g/mol. The minimum atomic E-state index is -0.113. The normalized spacial score (nSPS) is 37.1. The lowest BCUT2D eigenvalue weighted by Gasteiger charge is -2.04. The molecular formula is C8H13NO. The van der Waals surface area contributed by atoms with Crippen LogP contribution in [-0.2, 0) is 4.74 Å². The molecule has 1 heterocycles. The van der Waals surface area contributed by atoms with Crippen molar-refractivity contribution in [2.45, 2.75) is 44.8 Å². The Labute approximate surface area is 61.8 Å². The van der Waals surface area contributed by atoms with Crippen LogP contribution in [0.25, 0.3) is 0 Å². The van der Waals surface area contributed by atoms with Crippen molar-refractivity contribution in [1.29, 1.82) is 5.26 Å². The number of ether oxygens (including phenoxy) is 1. The van der Waals surface area contributed by atoms with E-state index in [0.717, 1.165) is 19.3 Å². The van der Waals surface area contributed by atoms with Crippen LogP contribution in [0.15, 0.2) is 0 Å². The fraction of sp³-hybridized carbons (Fsp3) is 0.875. The highest BCUT2D eigenvalue weighted by molar-refractivity contribution is 5.12. The summed E-state index contributed by atoms with van der Waals surface area (Å²) < 4.78 is 5.28. The SMILES string of the molecule is CCCC1(CC)OC1C#N. The zero-order chi connectivity index (χ0) is 7.61. The first kappa shape index (κ1) is 7.56. The molecule has 0 saturated carbocycles. The maximum absolute atomic E-state index is 8.52. The molecule has 0 bridgehead atoms. The molecule has 0 aliphatic carbocycles. The fourth-order valence-corrected chi connectivity index (χ4v) is 1.40. The van der Waals surface area contributed by atoms with Gasteiger partial charge in [0.05, 0.1) is 6.07 Å². The van der Waals surface area contributed by atoms with Crippen molar-refractivity contribution in [2.75, 3.05) is 0 Å². The molecule has 0 spiro atoms. The third-order valence-corrected chi connectivity index (χ3v) is 2.16. The van der Waals surface area contributed by atoms with E-state index in [1.807, 2.05) is 0 Å². The predicted octanol–water partition coefficient (Wildman–Crippen LogP) is 1.86. The van der Waals surface area contributed by atoms with Gasteiger partial charge in [-0.15, -0.1) is 0 Å². The Kier molecular flexibility index (Phi) is 1.96. The van der Waals surface area contributed by atoms with Crippen molar-refractivity contribution < 1.29 is 4.74 Å². The molecule has 56 valence electrons. The zero-order valence-electron chi connectivity index (χ0n) is 6.55. The van der Waals surface area contributed by atoms with Crippen molar-refractivity contribution in [2.24, 2.45) is 0 Å². The molecule has 2 nitrogen and oxygen atoms in total. The number of hydrogen-bond acceptors (Lipinski definition) is 2. The summed E-state index contributed by atoms with van der Waals surface area (Å²) in [6, 6.07) is 2.14. The van der Waals surface area contributed by atoms with Crippen molar-refractivity contribution in [1.82, 2.24) is 0 Å². The first-order valence-corrected chi connectivity index (χ1v) is 3.86. The topological polar surface area (TPSA) is 36.3 Å². The smallest absolute Gasteiger partial charge is 0.173 e. The Balaban J connectivity index is 2.44. The van der Waals surface area contributed by atoms with Gasteiger partial charge in [0.25, 0.3) is 0 Å². The molecule has 1 saturated heterocycles. The summed E-state index contributed by atoms with van der Waals surface area (Å²) in [6.07, 6.45) is 2.99. The van der Waals surface area contributed by atoms with Gasteiger partial charge >= 0.3 is 0 Å². The number of nitrogens with zero attached hydrogens (tertiary/aromatic N) is 1. The lowest BCUT2D eigenvalue weighted by Crippen LogP contribution is -2.11. The van der Waals surface area contributed by atoms with Crippen LogP contribution in [0, 0.1) is 11.3 Å². The summed E-state index contributed by atoms with van der Waals surface area (Å²) in [4.78, 5) is 0. The monoisotopic (exact) mass is 139 g/mol. The summed E-state index contributed by atoms with van der Waals surface area (Å²) >= 11 is 0. The number of rotatable bonds is 3. The standard InChI is InChI=1S/C8H13NO/c1-3-5-8(4-2)7(6-9)10-8/h7H,3-5H2,1-2H3. The molecule has 2 heteroatoms. The quantitative estimate of drug-likeness (QED) is 0.559. The van der Waals surface area contributed by atoms with Crippen LogP contribution in [0.3, 0.4) is 0 Å². The van der Waals surface area contributed by atoms with Crippen molar-refractivity contribution in [3.05, 3.63) is 0 Å². The second-order valence-corrected chi connectivity index (χ2v) is 2.80. The Morgan fingerprint density at radius 1 is 1.60 bits per heavy atom. The van der Waals surface area contributed by atoms with Crippen LogP contribution >= 0.6 is 0 Å². The van der Waals surface area contributed by atoms with E-state index in [1.54, 1.807) is 0 Å². The van der Waals surface area contributed by atoms with Gasteiger partial charge < -0.3 is 4.74 Å². The Morgan fingerprint density at radius 2 is 2.30 bits per heavy atom. The molecule has 1 aliphatic heterocycles. The highest BCUT2D eigenvalue weighted by Gasteiger charge is 2.54. The lowest BCUT2D eigenvalue weighted by molar-refractivity contribution is 0.276. The van der Waals surface area contributed by atoms with Crippen molar-refractivity contribution in [3.63, 3.8) is 0 Å². The molecule has 1 rings (SSSR count). The van der Waals surface area contributed by atoms with Gasteiger partial charge in [-0.1, -0.05) is 20.3 Å². The largest absolute Gasteiger partial charge is 0.350 e. The Hall–Kier alpha value is -0.550. The molecular weight excluding hydrogens is 126 g/mol. The molecule has 1 aliphatic rings. The van der Waals surface area contributed by atoms with Crippen LogP contribution in [0.4, 0.5) is 0 Å². The van der Waals surface area contributed by atoms with Crippen LogP contribution in [0.2, 0.25) is 0 Å². The minimum absolute atomic E-state index is 0.0521. The number of epoxide rings is 1. The molecule has 2 atom stereocenters.